The Morgan fingerprint density at radius 1 is 1.48 bits per heavy atom. The Morgan fingerprint density at radius 3 is 2.90 bits per heavy atom. The molecule has 0 aliphatic heterocycles. The molecule has 2 aromatic heterocycles. The predicted octanol–water partition coefficient (Wildman–Crippen LogP) is 0.897. The van der Waals surface area contributed by atoms with E-state index >= 15 is 0 Å². The fourth-order valence-electron chi connectivity index (χ4n) is 1.70. The molecule has 8 heteroatoms. The number of amides is 1. The molecule has 0 bridgehead atoms. The van der Waals surface area contributed by atoms with E-state index in [1.54, 1.807) is 17.5 Å². The lowest BCUT2D eigenvalue weighted by molar-refractivity contribution is -0.142. The van der Waals surface area contributed by atoms with Crippen molar-refractivity contribution < 1.29 is 24.2 Å². The van der Waals surface area contributed by atoms with Crippen LogP contribution in [0.2, 0.25) is 0 Å². The summed E-state index contributed by atoms with van der Waals surface area (Å²) in [6, 6.07) is 2.42. The van der Waals surface area contributed by atoms with Gasteiger partial charge in [-0.1, -0.05) is 0 Å². The van der Waals surface area contributed by atoms with Gasteiger partial charge < -0.3 is 19.9 Å². The number of carboxylic acid groups (broad SMARTS) is 1. The van der Waals surface area contributed by atoms with Crippen molar-refractivity contribution in [2.45, 2.75) is 18.9 Å². The van der Waals surface area contributed by atoms with Gasteiger partial charge in [0, 0.05) is 18.4 Å². The Labute approximate surface area is 124 Å². The topological polar surface area (TPSA) is 113 Å². The number of aliphatic hydroxyl groups excluding tert-OH is 1. The number of aliphatic hydroxyl groups is 1. The third-order valence-electron chi connectivity index (χ3n) is 2.68. The van der Waals surface area contributed by atoms with Crippen LogP contribution in [0.5, 0.6) is 0 Å². The standard InChI is InChI=1S/C13H14N2O5S/c16-4-3-9(13(18)19)15-11(17)6-8-7-21-12(14-8)10-2-1-5-20-10/h1-2,5,7,9,16H,3-4,6H2,(H,15,17)(H,18,19)/t9-/m0/s1. The fraction of sp³-hybridized carbons (Fsp3) is 0.308. The molecule has 0 spiro atoms. The van der Waals surface area contributed by atoms with Crippen molar-refractivity contribution in [2.24, 2.45) is 0 Å². The molecule has 1 amide bonds. The van der Waals surface area contributed by atoms with E-state index < -0.39 is 17.9 Å². The van der Waals surface area contributed by atoms with E-state index in [1.807, 2.05) is 0 Å². The van der Waals surface area contributed by atoms with Gasteiger partial charge in [-0.15, -0.1) is 11.3 Å². The number of rotatable bonds is 7. The van der Waals surface area contributed by atoms with Crippen LogP contribution in [0.4, 0.5) is 0 Å². The second-order valence-corrected chi connectivity index (χ2v) is 5.13. The van der Waals surface area contributed by atoms with Crippen molar-refractivity contribution in [3.8, 4) is 10.8 Å². The maximum absolute atomic E-state index is 11.8. The van der Waals surface area contributed by atoms with Crippen LogP contribution in [0, 0.1) is 0 Å². The van der Waals surface area contributed by atoms with E-state index in [4.69, 9.17) is 14.6 Å². The monoisotopic (exact) mass is 310 g/mol. The Kier molecular flexibility index (Phi) is 5.07. The Bertz CT molecular complexity index is 608. The van der Waals surface area contributed by atoms with Gasteiger partial charge in [-0.25, -0.2) is 9.78 Å². The van der Waals surface area contributed by atoms with Crippen LogP contribution < -0.4 is 5.32 Å². The van der Waals surface area contributed by atoms with Crippen LogP contribution in [0.15, 0.2) is 28.2 Å². The molecule has 0 saturated carbocycles. The smallest absolute Gasteiger partial charge is 0.326 e. The lowest BCUT2D eigenvalue weighted by atomic mass is 10.2. The quantitative estimate of drug-likeness (QED) is 0.700. The molecule has 0 saturated heterocycles. The summed E-state index contributed by atoms with van der Waals surface area (Å²) in [7, 11) is 0. The average molecular weight is 310 g/mol. The lowest BCUT2D eigenvalue weighted by Crippen LogP contribution is -2.42. The number of aromatic nitrogens is 1. The number of hydrogen-bond donors (Lipinski definition) is 3. The van der Waals surface area contributed by atoms with Crippen molar-refractivity contribution in [3.05, 3.63) is 29.5 Å². The number of hydrogen-bond acceptors (Lipinski definition) is 6. The largest absolute Gasteiger partial charge is 0.480 e. The third-order valence-corrected chi connectivity index (χ3v) is 3.58. The minimum absolute atomic E-state index is 0.0214. The van der Waals surface area contributed by atoms with Gasteiger partial charge in [-0.2, -0.15) is 0 Å². The van der Waals surface area contributed by atoms with Gasteiger partial charge in [-0.05, 0) is 12.1 Å². The molecule has 1 atom stereocenters. The van der Waals surface area contributed by atoms with Crippen LogP contribution in [-0.2, 0) is 16.0 Å². The maximum Gasteiger partial charge on any atom is 0.326 e. The van der Waals surface area contributed by atoms with E-state index in [2.05, 4.69) is 10.3 Å². The summed E-state index contributed by atoms with van der Waals surface area (Å²) >= 11 is 1.34. The molecule has 21 heavy (non-hydrogen) atoms. The minimum Gasteiger partial charge on any atom is -0.480 e. The number of thiazole rings is 1. The zero-order valence-corrected chi connectivity index (χ0v) is 11.8. The molecule has 7 nitrogen and oxygen atoms in total. The second-order valence-electron chi connectivity index (χ2n) is 4.27. The summed E-state index contributed by atoms with van der Waals surface area (Å²) in [6.45, 7) is -0.309. The molecule has 0 aromatic carbocycles. The van der Waals surface area contributed by atoms with Gasteiger partial charge in [-0.3, -0.25) is 4.79 Å². The fourth-order valence-corrected chi connectivity index (χ4v) is 2.48. The number of nitrogens with one attached hydrogen (secondary N) is 1. The van der Waals surface area contributed by atoms with Crippen molar-refractivity contribution in [1.82, 2.24) is 10.3 Å². The number of carbonyl (C=O) groups is 2. The summed E-state index contributed by atoms with van der Waals surface area (Å²) in [5, 5.41) is 22.4. The first-order chi connectivity index (χ1) is 10.1. The van der Waals surface area contributed by atoms with E-state index in [0.29, 0.717) is 16.5 Å². The zero-order valence-electron chi connectivity index (χ0n) is 11.0. The molecule has 3 N–H and O–H groups in total. The van der Waals surface area contributed by atoms with Gasteiger partial charge in [0.15, 0.2) is 10.8 Å². The summed E-state index contributed by atoms with van der Waals surface area (Å²) in [5.41, 5.74) is 0.539. The van der Waals surface area contributed by atoms with Crippen LogP contribution in [0.3, 0.4) is 0 Å². The van der Waals surface area contributed by atoms with Crippen molar-refractivity contribution >= 4 is 23.2 Å². The molecule has 0 radical (unpaired) electrons. The van der Waals surface area contributed by atoms with Gasteiger partial charge in [0.25, 0.3) is 0 Å². The maximum atomic E-state index is 11.8. The number of carboxylic acids is 1. The Morgan fingerprint density at radius 2 is 2.29 bits per heavy atom. The lowest BCUT2D eigenvalue weighted by Gasteiger charge is -2.12. The molecule has 2 aromatic rings. The highest BCUT2D eigenvalue weighted by atomic mass is 32.1. The Balaban J connectivity index is 1.95. The molecular formula is C13H14N2O5S. The minimum atomic E-state index is -1.17. The summed E-state index contributed by atoms with van der Waals surface area (Å²) in [4.78, 5) is 26.9. The highest BCUT2D eigenvalue weighted by Crippen LogP contribution is 2.24. The average Bonchev–Trinajstić information content (AvgIpc) is 3.08. The molecule has 2 heterocycles. The van der Waals surface area contributed by atoms with E-state index in [1.165, 1.54) is 17.6 Å². The predicted molar refractivity (Wildman–Crippen MR) is 74.8 cm³/mol. The summed E-state index contributed by atoms with van der Waals surface area (Å²) in [6.07, 6.45) is 1.48. The zero-order chi connectivity index (χ0) is 15.2. The van der Waals surface area contributed by atoms with Crippen molar-refractivity contribution in [2.75, 3.05) is 6.61 Å². The highest BCUT2D eigenvalue weighted by molar-refractivity contribution is 7.13. The van der Waals surface area contributed by atoms with Crippen LogP contribution in [0.1, 0.15) is 12.1 Å². The van der Waals surface area contributed by atoms with Crippen molar-refractivity contribution in [1.29, 1.82) is 0 Å². The van der Waals surface area contributed by atoms with Crippen LogP contribution in [-0.4, -0.2) is 39.7 Å². The van der Waals surface area contributed by atoms with Gasteiger partial charge in [0.05, 0.1) is 18.4 Å². The third kappa shape index (κ3) is 4.14. The first-order valence-corrected chi connectivity index (χ1v) is 7.09. The van der Waals surface area contributed by atoms with Crippen LogP contribution in [0.25, 0.3) is 10.8 Å². The number of furan rings is 1. The van der Waals surface area contributed by atoms with E-state index in [-0.39, 0.29) is 19.4 Å². The van der Waals surface area contributed by atoms with Gasteiger partial charge in [0.1, 0.15) is 6.04 Å². The van der Waals surface area contributed by atoms with Crippen molar-refractivity contribution in [3.63, 3.8) is 0 Å². The SMILES string of the molecule is O=C(Cc1csc(-c2ccco2)n1)N[C@@H](CCO)C(=O)O. The van der Waals surface area contributed by atoms with Gasteiger partial charge in [0.2, 0.25) is 5.91 Å². The molecule has 0 aliphatic rings. The number of carbonyl (C=O) groups excluding carboxylic acids is 1. The molecule has 0 aliphatic carbocycles. The molecule has 0 unspecified atom stereocenters. The molecular weight excluding hydrogens is 296 g/mol. The number of aliphatic carboxylic acids is 1. The molecule has 0 fully saturated rings. The first-order valence-electron chi connectivity index (χ1n) is 6.21. The van der Waals surface area contributed by atoms with Gasteiger partial charge >= 0.3 is 5.97 Å². The van der Waals surface area contributed by atoms with Crippen LogP contribution >= 0.6 is 11.3 Å². The molecule has 112 valence electrons. The normalized spacial score (nSPS) is 12.0. The Hall–Kier alpha value is -2.19. The first kappa shape index (κ1) is 15.2. The summed E-state index contributed by atoms with van der Waals surface area (Å²) < 4.78 is 5.21. The molecule has 2 rings (SSSR count). The number of nitrogens with zero attached hydrogens (tertiary/aromatic N) is 1. The van der Waals surface area contributed by atoms with E-state index in [9.17, 15) is 9.59 Å². The second kappa shape index (κ2) is 7.00. The summed E-state index contributed by atoms with van der Waals surface area (Å²) in [5.74, 6) is -1.01. The van der Waals surface area contributed by atoms with E-state index in [0.717, 1.165) is 0 Å². The highest BCUT2D eigenvalue weighted by Gasteiger charge is 2.20.